The molecule has 6 rings (SSSR count). The number of rotatable bonds is 6. The summed E-state index contributed by atoms with van der Waals surface area (Å²) in [7, 11) is 0. The number of nitrogens with one attached hydrogen (secondary N) is 1. The van der Waals surface area contributed by atoms with Crippen molar-refractivity contribution < 1.29 is 4.74 Å². The van der Waals surface area contributed by atoms with Crippen LogP contribution in [0.3, 0.4) is 0 Å². The van der Waals surface area contributed by atoms with Gasteiger partial charge in [-0.1, -0.05) is 77.3 Å². The van der Waals surface area contributed by atoms with E-state index in [2.05, 4.69) is 66.9 Å². The van der Waals surface area contributed by atoms with Crippen molar-refractivity contribution in [1.82, 2.24) is 0 Å². The summed E-state index contributed by atoms with van der Waals surface area (Å²) in [5, 5.41) is 5.14. The molecule has 0 unspecified atom stereocenters. The Morgan fingerprint density at radius 1 is 0.947 bits per heavy atom. The van der Waals surface area contributed by atoms with Gasteiger partial charge in [0, 0.05) is 33.4 Å². The third kappa shape index (κ3) is 5.22. The van der Waals surface area contributed by atoms with E-state index in [9.17, 15) is 0 Å². The Balaban J connectivity index is 1.19. The Morgan fingerprint density at radius 2 is 1.79 bits per heavy atom. The second kappa shape index (κ2) is 10.7. The van der Waals surface area contributed by atoms with Crippen molar-refractivity contribution in [1.29, 1.82) is 0 Å². The van der Waals surface area contributed by atoms with Gasteiger partial charge in [-0.25, -0.2) is 0 Å². The molecule has 5 heteroatoms. The minimum Gasteiger partial charge on any atom is -0.488 e. The molecule has 1 heterocycles. The van der Waals surface area contributed by atoms with Gasteiger partial charge in [-0.3, -0.25) is 4.99 Å². The van der Waals surface area contributed by atoms with Crippen LogP contribution in [0.1, 0.15) is 46.2 Å². The Morgan fingerprint density at radius 3 is 2.63 bits per heavy atom. The maximum atomic E-state index is 6.29. The van der Waals surface area contributed by atoms with E-state index in [0.29, 0.717) is 28.5 Å². The monoisotopic (exact) mass is 538 g/mol. The van der Waals surface area contributed by atoms with Crippen molar-refractivity contribution in [2.24, 2.45) is 10.9 Å². The highest BCUT2D eigenvalue weighted by Gasteiger charge is 2.37. The zero-order valence-corrected chi connectivity index (χ0v) is 22.6. The molecule has 0 saturated carbocycles. The normalized spacial score (nSPS) is 19.7. The molecule has 0 radical (unpaired) electrons. The van der Waals surface area contributed by atoms with Crippen molar-refractivity contribution in [2.75, 3.05) is 5.32 Å². The summed E-state index contributed by atoms with van der Waals surface area (Å²) < 4.78 is 6.07. The first-order valence-electron chi connectivity index (χ1n) is 12.9. The van der Waals surface area contributed by atoms with Gasteiger partial charge < -0.3 is 10.1 Å². The highest BCUT2D eigenvalue weighted by molar-refractivity contribution is 6.31. The van der Waals surface area contributed by atoms with Crippen LogP contribution in [0.4, 0.5) is 11.4 Å². The van der Waals surface area contributed by atoms with Gasteiger partial charge in [-0.05, 0) is 84.5 Å². The topological polar surface area (TPSA) is 33.6 Å². The highest BCUT2D eigenvalue weighted by Crippen LogP contribution is 2.50. The largest absolute Gasteiger partial charge is 0.488 e. The molecule has 0 fully saturated rings. The number of fused-ring (bicyclic) bond motifs is 3. The van der Waals surface area contributed by atoms with Crippen LogP contribution in [0.15, 0.2) is 102 Å². The number of benzene rings is 4. The van der Waals surface area contributed by atoms with Gasteiger partial charge in [0.25, 0.3) is 0 Å². The van der Waals surface area contributed by atoms with Crippen molar-refractivity contribution in [3.63, 3.8) is 0 Å². The molecule has 0 saturated heterocycles. The molecule has 1 aliphatic heterocycles. The number of hydrogen-bond donors (Lipinski definition) is 1. The lowest BCUT2D eigenvalue weighted by atomic mass is 9.76. The molecule has 0 spiro atoms. The molecular formula is C33H28Cl2N2O. The second-order valence-corrected chi connectivity index (χ2v) is 10.9. The van der Waals surface area contributed by atoms with Crippen LogP contribution in [0, 0.1) is 12.8 Å². The third-order valence-electron chi connectivity index (χ3n) is 7.38. The number of nitrogens with zero attached hydrogens (tertiary/aromatic N) is 1. The zero-order chi connectivity index (χ0) is 26.1. The number of hydrogen-bond acceptors (Lipinski definition) is 3. The van der Waals surface area contributed by atoms with E-state index in [1.54, 1.807) is 0 Å². The minimum atomic E-state index is 0.266. The average Bonchev–Trinajstić information content (AvgIpc) is 3.42. The lowest BCUT2D eigenvalue weighted by molar-refractivity contribution is 0.306. The van der Waals surface area contributed by atoms with Gasteiger partial charge in [-0.15, -0.1) is 0 Å². The predicted octanol–water partition coefficient (Wildman–Crippen LogP) is 9.46. The number of ether oxygens (including phenoxy) is 1. The Kier molecular flexibility index (Phi) is 6.97. The van der Waals surface area contributed by atoms with E-state index < -0.39 is 0 Å². The fourth-order valence-corrected chi connectivity index (χ4v) is 5.89. The number of anilines is 1. The predicted molar refractivity (Wildman–Crippen MR) is 158 cm³/mol. The standard InChI is InChI=1S/C33H28Cl2N2O/c1-21-8-14-31-30(16-21)28-6-3-7-29(28)33(37-31)23-9-12-27(13-10-23)36-19-24-18-26(35)11-15-32(24)38-20-22-4-2-5-25(34)17-22/h2-6,8-19,28-29,33,37H,7,20H2,1H3/t28-,29-,33-/m1/s1. The van der Waals surface area contributed by atoms with Crippen molar-refractivity contribution in [3.8, 4) is 5.75 Å². The molecule has 4 aromatic carbocycles. The molecule has 3 nitrogen and oxygen atoms in total. The van der Waals surface area contributed by atoms with E-state index in [0.717, 1.165) is 29.0 Å². The van der Waals surface area contributed by atoms with Crippen LogP contribution in [0.2, 0.25) is 10.0 Å². The molecule has 1 aliphatic carbocycles. The lowest BCUT2D eigenvalue weighted by Crippen LogP contribution is -2.29. The van der Waals surface area contributed by atoms with Crippen molar-refractivity contribution in [3.05, 3.63) is 135 Å². The van der Waals surface area contributed by atoms with Gasteiger partial charge >= 0.3 is 0 Å². The Hall–Kier alpha value is -3.53. The first-order chi connectivity index (χ1) is 18.5. The maximum Gasteiger partial charge on any atom is 0.128 e. The molecule has 0 aromatic heterocycles. The van der Waals surface area contributed by atoms with Gasteiger partial charge in [0.2, 0.25) is 0 Å². The van der Waals surface area contributed by atoms with E-state index in [1.165, 1.54) is 22.4 Å². The molecule has 0 bridgehead atoms. The van der Waals surface area contributed by atoms with Gasteiger partial charge in [0.05, 0.1) is 11.7 Å². The second-order valence-electron chi connectivity index (χ2n) is 10.0. The van der Waals surface area contributed by atoms with Crippen LogP contribution in [0.25, 0.3) is 0 Å². The van der Waals surface area contributed by atoms with E-state index in [4.69, 9.17) is 32.9 Å². The van der Waals surface area contributed by atoms with Gasteiger partial charge in [0.1, 0.15) is 12.4 Å². The highest BCUT2D eigenvalue weighted by atomic mass is 35.5. The SMILES string of the molecule is Cc1ccc2c(c1)[C@@H]1C=CC[C@H]1[C@@H](c1ccc(N=Cc3cc(Cl)ccc3OCc3cccc(Cl)c3)cc1)N2. The van der Waals surface area contributed by atoms with Crippen LogP contribution in [-0.2, 0) is 6.61 Å². The summed E-state index contributed by atoms with van der Waals surface area (Å²) in [5.41, 5.74) is 7.94. The fourth-order valence-electron chi connectivity index (χ4n) is 5.50. The summed E-state index contributed by atoms with van der Waals surface area (Å²) in [6.45, 7) is 2.57. The molecule has 38 heavy (non-hydrogen) atoms. The molecule has 4 aromatic rings. The van der Waals surface area contributed by atoms with E-state index in [-0.39, 0.29) is 6.04 Å². The Labute approximate surface area is 233 Å². The molecule has 190 valence electrons. The summed E-state index contributed by atoms with van der Waals surface area (Å²) >= 11 is 12.4. The van der Waals surface area contributed by atoms with Crippen LogP contribution < -0.4 is 10.1 Å². The van der Waals surface area contributed by atoms with Gasteiger partial charge in [0.15, 0.2) is 0 Å². The molecule has 0 amide bonds. The summed E-state index contributed by atoms with van der Waals surface area (Å²) in [4.78, 5) is 4.73. The number of halogens is 2. The average molecular weight is 540 g/mol. The first-order valence-corrected chi connectivity index (χ1v) is 13.6. The summed E-state index contributed by atoms with van der Waals surface area (Å²) in [5.74, 6) is 1.70. The summed E-state index contributed by atoms with van der Waals surface area (Å²) in [6, 6.07) is 28.7. The third-order valence-corrected chi connectivity index (χ3v) is 7.85. The van der Waals surface area contributed by atoms with E-state index in [1.807, 2.05) is 48.7 Å². The minimum absolute atomic E-state index is 0.266. The Bertz CT molecular complexity index is 1530. The molecule has 2 aliphatic rings. The smallest absolute Gasteiger partial charge is 0.128 e. The quantitative estimate of drug-likeness (QED) is 0.196. The molecular weight excluding hydrogens is 511 g/mol. The molecule has 3 atom stereocenters. The fraction of sp³-hybridized carbons (Fsp3) is 0.182. The number of aliphatic imine (C=N–C) groups is 1. The van der Waals surface area contributed by atoms with Gasteiger partial charge in [-0.2, -0.15) is 0 Å². The van der Waals surface area contributed by atoms with E-state index >= 15 is 0 Å². The van der Waals surface area contributed by atoms with Crippen LogP contribution >= 0.6 is 23.2 Å². The van der Waals surface area contributed by atoms with Crippen molar-refractivity contribution >= 4 is 40.8 Å². The van der Waals surface area contributed by atoms with Crippen LogP contribution in [0.5, 0.6) is 5.75 Å². The maximum absolute atomic E-state index is 6.29. The molecule has 1 N–H and O–H groups in total. The number of allylic oxidation sites excluding steroid dienone is 2. The number of aryl methyl sites for hydroxylation is 1. The zero-order valence-electron chi connectivity index (χ0n) is 21.1. The first kappa shape index (κ1) is 24.8. The summed E-state index contributed by atoms with van der Waals surface area (Å²) in [6.07, 6.45) is 7.61. The van der Waals surface area contributed by atoms with Crippen molar-refractivity contribution in [2.45, 2.75) is 31.9 Å². The van der Waals surface area contributed by atoms with Crippen LogP contribution in [-0.4, -0.2) is 6.21 Å². The lowest BCUT2D eigenvalue weighted by Gasteiger charge is -2.37.